The number of aromatic amines is 1. The maximum Gasteiger partial charge on any atom is 0.223 e. The maximum atomic E-state index is 11.7. The van der Waals surface area contributed by atoms with Crippen molar-refractivity contribution in [2.24, 2.45) is 17.8 Å². The number of aromatic nitrogens is 2. The Labute approximate surface area is 126 Å². The van der Waals surface area contributed by atoms with Gasteiger partial charge in [-0.25, -0.2) is 0 Å². The smallest absolute Gasteiger partial charge is 0.223 e. The van der Waals surface area contributed by atoms with Crippen LogP contribution in [-0.2, 0) is 10.4 Å². The molecule has 0 unspecified atom stereocenters. The van der Waals surface area contributed by atoms with Gasteiger partial charge in [0, 0.05) is 23.4 Å². The fourth-order valence-corrected chi connectivity index (χ4v) is 4.26. The molecule has 1 amide bonds. The van der Waals surface area contributed by atoms with Gasteiger partial charge in [0.2, 0.25) is 5.91 Å². The number of amides is 1. The topological polar surface area (TPSA) is 78.0 Å². The first kappa shape index (κ1) is 13.1. The molecule has 4 atom stereocenters. The van der Waals surface area contributed by atoms with Crippen LogP contribution < -0.4 is 5.32 Å². The summed E-state index contributed by atoms with van der Waals surface area (Å²) in [5.74, 6) is 0.702. The van der Waals surface area contributed by atoms with Crippen molar-refractivity contribution in [3.05, 3.63) is 28.9 Å². The monoisotopic (exact) mass is 305 g/mol. The van der Waals surface area contributed by atoms with E-state index in [-0.39, 0.29) is 23.7 Å². The number of hydrogen-bond donors (Lipinski definition) is 3. The highest BCUT2D eigenvalue weighted by molar-refractivity contribution is 6.31. The second-order valence-corrected chi connectivity index (χ2v) is 6.63. The zero-order valence-electron chi connectivity index (χ0n) is 11.6. The molecule has 0 radical (unpaired) electrons. The van der Waals surface area contributed by atoms with Crippen LogP contribution in [0.15, 0.2) is 18.3 Å². The van der Waals surface area contributed by atoms with Crippen LogP contribution in [0.1, 0.15) is 18.4 Å². The second-order valence-electron chi connectivity index (χ2n) is 6.19. The Morgan fingerprint density at radius 3 is 2.86 bits per heavy atom. The Kier molecular flexibility index (Phi) is 2.63. The first-order valence-corrected chi connectivity index (χ1v) is 7.48. The Bertz CT molecular complexity index is 730. The largest absolute Gasteiger partial charge is 0.385 e. The number of hydrogen-bond acceptors (Lipinski definition) is 3. The summed E-state index contributed by atoms with van der Waals surface area (Å²) < 4.78 is 0. The summed E-state index contributed by atoms with van der Waals surface area (Å²) in [6.07, 6.45) is 2.94. The predicted molar refractivity (Wildman–Crippen MR) is 78.8 cm³/mol. The van der Waals surface area contributed by atoms with Crippen LogP contribution in [-0.4, -0.2) is 28.3 Å². The van der Waals surface area contributed by atoms with Crippen molar-refractivity contribution in [3.8, 4) is 0 Å². The van der Waals surface area contributed by atoms with Gasteiger partial charge in [0.25, 0.3) is 0 Å². The summed E-state index contributed by atoms with van der Waals surface area (Å²) in [4.78, 5) is 11.7. The van der Waals surface area contributed by atoms with E-state index in [9.17, 15) is 9.90 Å². The van der Waals surface area contributed by atoms with E-state index in [4.69, 9.17) is 11.6 Å². The molecule has 2 fully saturated rings. The third kappa shape index (κ3) is 1.80. The lowest BCUT2D eigenvalue weighted by Gasteiger charge is -2.27. The van der Waals surface area contributed by atoms with Gasteiger partial charge < -0.3 is 10.4 Å². The van der Waals surface area contributed by atoms with Crippen molar-refractivity contribution in [2.45, 2.75) is 18.4 Å². The summed E-state index contributed by atoms with van der Waals surface area (Å²) in [6.45, 7) is 0. The highest BCUT2D eigenvalue weighted by atomic mass is 35.5. The molecule has 1 heterocycles. The van der Waals surface area contributed by atoms with Gasteiger partial charge >= 0.3 is 0 Å². The summed E-state index contributed by atoms with van der Waals surface area (Å²) in [7, 11) is 1.66. The Morgan fingerprint density at radius 1 is 1.48 bits per heavy atom. The number of nitrogens with one attached hydrogen (secondary N) is 2. The third-order valence-electron chi connectivity index (χ3n) is 5.05. The molecule has 5 nitrogen and oxygen atoms in total. The number of benzene rings is 1. The van der Waals surface area contributed by atoms with Crippen LogP contribution >= 0.6 is 11.6 Å². The van der Waals surface area contributed by atoms with Gasteiger partial charge in [0.05, 0.1) is 17.3 Å². The zero-order chi connectivity index (χ0) is 14.8. The van der Waals surface area contributed by atoms with Gasteiger partial charge in [-0.2, -0.15) is 5.10 Å². The van der Waals surface area contributed by atoms with Gasteiger partial charge in [-0.05, 0) is 42.4 Å². The van der Waals surface area contributed by atoms with Gasteiger partial charge in [-0.15, -0.1) is 0 Å². The number of fused-ring (bicyclic) bond motifs is 2. The number of nitrogens with zero attached hydrogens (tertiary/aromatic N) is 1. The summed E-state index contributed by atoms with van der Waals surface area (Å²) in [5.41, 5.74) is 0.739. The fourth-order valence-electron chi connectivity index (χ4n) is 4.04. The second kappa shape index (κ2) is 4.21. The van der Waals surface area contributed by atoms with Crippen molar-refractivity contribution in [1.29, 1.82) is 0 Å². The van der Waals surface area contributed by atoms with E-state index in [1.807, 2.05) is 6.07 Å². The van der Waals surface area contributed by atoms with Crippen LogP contribution in [0.25, 0.3) is 10.9 Å². The highest BCUT2D eigenvalue weighted by Gasteiger charge is 2.64. The molecule has 0 bridgehead atoms. The minimum atomic E-state index is -0.910. The van der Waals surface area contributed by atoms with Gasteiger partial charge in [0.15, 0.2) is 0 Å². The predicted octanol–water partition coefficient (Wildman–Crippen LogP) is 1.81. The number of halogens is 1. The van der Waals surface area contributed by atoms with Crippen LogP contribution in [0.5, 0.6) is 0 Å². The molecule has 21 heavy (non-hydrogen) atoms. The molecule has 0 saturated heterocycles. The summed E-state index contributed by atoms with van der Waals surface area (Å²) in [5, 5.41) is 22.2. The van der Waals surface area contributed by atoms with E-state index >= 15 is 0 Å². The van der Waals surface area contributed by atoms with Crippen LogP contribution in [0.4, 0.5) is 0 Å². The molecule has 110 valence electrons. The molecule has 2 aliphatic rings. The van der Waals surface area contributed by atoms with E-state index in [1.54, 1.807) is 19.3 Å². The van der Waals surface area contributed by atoms with E-state index in [0.717, 1.165) is 16.5 Å². The summed E-state index contributed by atoms with van der Waals surface area (Å²) in [6, 6.07) is 3.62. The number of aliphatic hydroxyl groups is 1. The standard InChI is InChI=1S/C15H16ClN3O2/c1-17-14(20)13-8-4-15(21,5-9(8)13)11-2-7(16)3-12-10(11)6-18-19-12/h2-3,6,8-9,13,21H,4-5H2,1H3,(H,17,20)(H,18,19)/t8-,9+,13-,15+. The molecule has 0 spiro atoms. The van der Waals surface area contributed by atoms with Gasteiger partial charge in [-0.1, -0.05) is 11.6 Å². The zero-order valence-corrected chi connectivity index (χ0v) is 12.3. The first-order chi connectivity index (χ1) is 10.0. The fraction of sp³-hybridized carbons (Fsp3) is 0.467. The molecule has 1 aromatic heterocycles. The van der Waals surface area contributed by atoms with Gasteiger partial charge in [0.1, 0.15) is 0 Å². The van der Waals surface area contributed by atoms with Crippen molar-refractivity contribution < 1.29 is 9.90 Å². The van der Waals surface area contributed by atoms with E-state index in [1.165, 1.54) is 0 Å². The molecule has 1 aromatic carbocycles. The lowest BCUT2D eigenvalue weighted by molar-refractivity contribution is -0.123. The molecule has 6 heteroatoms. The molecule has 3 N–H and O–H groups in total. The minimum absolute atomic E-state index is 0.0642. The van der Waals surface area contributed by atoms with Crippen molar-refractivity contribution in [1.82, 2.24) is 15.5 Å². The Hall–Kier alpha value is -1.59. The molecular formula is C15H16ClN3O2. The maximum absolute atomic E-state index is 11.7. The van der Waals surface area contributed by atoms with E-state index < -0.39 is 5.60 Å². The highest BCUT2D eigenvalue weighted by Crippen LogP contribution is 2.64. The quantitative estimate of drug-likeness (QED) is 0.792. The average Bonchev–Trinajstić information content (AvgIpc) is 2.82. The molecule has 0 aliphatic heterocycles. The van der Waals surface area contributed by atoms with Crippen LogP contribution in [0.2, 0.25) is 5.02 Å². The first-order valence-electron chi connectivity index (χ1n) is 7.10. The normalized spacial score (nSPS) is 34.0. The minimum Gasteiger partial charge on any atom is -0.385 e. The lowest BCUT2D eigenvalue weighted by atomic mass is 9.85. The van der Waals surface area contributed by atoms with Crippen molar-refractivity contribution >= 4 is 28.4 Å². The SMILES string of the molecule is CNC(=O)[C@@H]1[C@@H]2C[C@@](O)(c3cc(Cl)cc4[nH]ncc34)C[C@@H]21. The summed E-state index contributed by atoms with van der Waals surface area (Å²) >= 11 is 6.15. The Morgan fingerprint density at radius 2 is 2.19 bits per heavy atom. The molecular weight excluding hydrogens is 290 g/mol. The molecule has 4 rings (SSSR count). The number of carbonyl (C=O) groups excluding carboxylic acids is 1. The van der Waals surface area contributed by atoms with Crippen LogP contribution in [0, 0.1) is 17.8 Å². The molecule has 2 aromatic rings. The van der Waals surface area contributed by atoms with Crippen molar-refractivity contribution in [2.75, 3.05) is 7.05 Å². The lowest BCUT2D eigenvalue weighted by Crippen LogP contribution is -2.29. The van der Waals surface area contributed by atoms with Gasteiger partial charge in [-0.3, -0.25) is 9.89 Å². The van der Waals surface area contributed by atoms with E-state index in [2.05, 4.69) is 15.5 Å². The molecule has 2 aliphatic carbocycles. The van der Waals surface area contributed by atoms with Crippen LogP contribution in [0.3, 0.4) is 0 Å². The third-order valence-corrected chi connectivity index (χ3v) is 5.27. The van der Waals surface area contributed by atoms with E-state index in [0.29, 0.717) is 17.9 Å². The van der Waals surface area contributed by atoms with Crippen molar-refractivity contribution in [3.63, 3.8) is 0 Å². The average molecular weight is 306 g/mol. The number of rotatable bonds is 2. The number of H-pyrrole nitrogens is 1. The molecule has 2 saturated carbocycles. The Balaban J connectivity index is 1.68. The number of carbonyl (C=O) groups is 1.